The number of nitrogens with one attached hydrogen (secondary N) is 2. The Morgan fingerprint density at radius 1 is 1.17 bits per heavy atom. The van der Waals surface area contributed by atoms with Crippen LogP contribution >= 0.6 is 0 Å². The molecule has 122 valence electrons. The number of para-hydroxylation sites is 1. The van der Waals surface area contributed by atoms with Crippen molar-refractivity contribution in [2.75, 3.05) is 11.6 Å². The number of rotatable bonds is 4. The van der Waals surface area contributed by atoms with Gasteiger partial charge in [-0.25, -0.2) is 9.40 Å². The van der Waals surface area contributed by atoms with Crippen molar-refractivity contribution in [3.8, 4) is 0 Å². The standard InChI is InChI=1S/C17H15FN4O2/c18-14-9-5-4-6-12(14)10-20-17(24)16-19-11-15(23)22(21-16)13-7-2-1-3-8-13/h1-9H,10-11H2,(H,19,21)(H,20,24). The minimum Gasteiger partial charge on any atom is -0.345 e. The number of hydrogen-bond acceptors (Lipinski definition) is 4. The van der Waals surface area contributed by atoms with Crippen LogP contribution < -0.4 is 15.8 Å². The number of anilines is 1. The topological polar surface area (TPSA) is 73.8 Å². The molecule has 2 aromatic rings. The minimum atomic E-state index is -0.508. The number of aliphatic imine (C=N–C) groups is 1. The van der Waals surface area contributed by atoms with Crippen LogP contribution in [0.15, 0.2) is 59.6 Å². The Morgan fingerprint density at radius 3 is 2.62 bits per heavy atom. The number of hydrogen-bond donors (Lipinski definition) is 2. The lowest BCUT2D eigenvalue weighted by Gasteiger charge is -2.27. The molecule has 2 amide bonds. The van der Waals surface area contributed by atoms with Crippen molar-refractivity contribution in [2.24, 2.45) is 4.99 Å². The Morgan fingerprint density at radius 2 is 1.88 bits per heavy atom. The first-order chi connectivity index (χ1) is 11.6. The number of carbonyl (C=O) groups excluding carboxylic acids is 2. The Balaban J connectivity index is 1.67. The van der Waals surface area contributed by atoms with Gasteiger partial charge >= 0.3 is 0 Å². The van der Waals surface area contributed by atoms with Crippen LogP contribution in [-0.4, -0.2) is 24.2 Å². The molecule has 3 rings (SSSR count). The van der Waals surface area contributed by atoms with Crippen LogP contribution in [-0.2, 0) is 16.1 Å². The van der Waals surface area contributed by atoms with E-state index in [9.17, 15) is 14.0 Å². The normalized spacial score (nSPS) is 14.0. The van der Waals surface area contributed by atoms with Gasteiger partial charge in [0.15, 0.2) is 0 Å². The van der Waals surface area contributed by atoms with Gasteiger partial charge in [0, 0.05) is 12.1 Å². The molecule has 0 radical (unpaired) electrons. The summed E-state index contributed by atoms with van der Waals surface area (Å²) in [4.78, 5) is 28.1. The second kappa shape index (κ2) is 6.91. The van der Waals surface area contributed by atoms with Crippen molar-refractivity contribution in [1.29, 1.82) is 0 Å². The van der Waals surface area contributed by atoms with E-state index in [2.05, 4.69) is 15.7 Å². The predicted octanol–water partition coefficient (Wildman–Crippen LogP) is 1.39. The molecule has 1 aliphatic rings. The van der Waals surface area contributed by atoms with Gasteiger partial charge in [-0.3, -0.25) is 20.0 Å². The van der Waals surface area contributed by atoms with Crippen LogP contribution in [0.4, 0.5) is 10.1 Å². The number of amidine groups is 1. The summed E-state index contributed by atoms with van der Waals surface area (Å²) in [5.41, 5.74) is 3.68. The Kier molecular flexibility index (Phi) is 4.51. The van der Waals surface area contributed by atoms with Gasteiger partial charge in [0.25, 0.3) is 11.8 Å². The molecule has 0 saturated heterocycles. The molecule has 0 spiro atoms. The van der Waals surface area contributed by atoms with Crippen LogP contribution in [0.5, 0.6) is 0 Å². The Bertz CT molecular complexity index is 792. The van der Waals surface area contributed by atoms with Gasteiger partial charge in [0.2, 0.25) is 5.84 Å². The first-order valence-corrected chi connectivity index (χ1v) is 7.36. The van der Waals surface area contributed by atoms with Crippen LogP contribution in [0.3, 0.4) is 0 Å². The molecule has 2 aromatic carbocycles. The third kappa shape index (κ3) is 3.40. The molecule has 0 saturated carbocycles. The summed E-state index contributed by atoms with van der Waals surface area (Å²) in [5, 5.41) is 3.86. The number of amides is 2. The molecule has 0 aliphatic carbocycles. The number of carbonyl (C=O) groups is 2. The first kappa shape index (κ1) is 15.7. The highest BCUT2D eigenvalue weighted by molar-refractivity contribution is 6.39. The summed E-state index contributed by atoms with van der Waals surface area (Å²) in [6, 6.07) is 15.1. The highest BCUT2D eigenvalue weighted by Crippen LogP contribution is 2.13. The van der Waals surface area contributed by atoms with Gasteiger partial charge in [-0.2, -0.15) is 0 Å². The summed E-state index contributed by atoms with van der Waals surface area (Å²) in [5.74, 6) is -1.16. The minimum absolute atomic E-state index is 0.00907. The fourth-order valence-electron chi connectivity index (χ4n) is 2.23. The van der Waals surface area contributed by atoms with Gasteiger partial charge in [-0.1, -0.05) is 36.4 Å². The summed E-state index contributed by atoms with van der Waals surface area (Å²) < 4.78 is 13.6. The molecule has 0 fully saturated rings. The summed E-state index contributed by atoms with van der Waals surface area (Å²) >= 11 is 0. The predicted molar refractivity (Wildman–Crippen MR) is 87.6 cm³/mol. The van der Waals surface area contributed by atoms with Gasteiger partial charge in [0.1, 0.15) is 12.4 Å². The van der Waals surface area contributed by atoms with Crippen LogP contribution in [0.25, 0.3) is 0 Å². The molecule has 0 aromatic heterocycles. The number of nitrogens with zero attached hydrogens (tertiary/aromatic N) is 2. The maximum atomic E-state index is 13.6. The van der Waals surface area contributed by atoms with E-state index in [1.165, 1.54) is 11.1 Å². The van der Waals surface area contributed by atoms with Gasteiger partial charge in [-0.15, -0.1) is 0 Å². The lowest BCUT2D eigenvalue weighted by atomic mass is 10.2. The van der Waals surface area contributed by atoms with Crippen molar-refractivity contribution in [1.82, 2.24) is 10.7 Å². The zero-order chi connectivity index (χ0) is 16.9. The molecule has 1 aliphatic heterocycles. The Labute approximate surface area is 138 Å². The average molecular weight is 326 g/mol. The molecular formula is C17H15FN4O2. The second-order valence-corrected chi connectivity index (χ2v) is 5.12. The van der Waals surface area contributed by atoms with Crippen molar-refractivity contribution >= 4 is 23.3 Å². The van der Waals surface area contributed by atoms with E-state index in [0.717, 1.165) is 0 Å². The molecule has 1 heterocycles. The van der Waals surface area contributed by atoms with Crippen LogP contribution in [0.2, 0.25) is 0 Å². The van der Waals surface area contributed by atoms with Crippen molar-refractivity contribution in [3.63, 3.8) is 0 Å². The lowest BCUT2D eigenvalue weighted by molar-refractivity contribution is -0.118. The van der Waals surface area contributed by atoms with Crippen molar-refractivity contribution in [2.45, 2.75) is 6.54 Å². The van der Waals surface area contributed by atoms with E-state index >= 15 is 0 Å². The third-order valence-electron chi connectivity index (χ3n) is 3.47. The van der Waals surface area contributed by atoms with Gasteiger partial charge < -0.3 is 5.32 Å². The molecule has 2 N–H and O–H groups in total. The van der Waals surface area contributed by atoms with Gasteiger partial charge in [-0.05, 0) is 18.2 Å². The first-order valence-electron chi connectivity index (χ1n) is 7.36. The molecule has 7 heteroatoms. The smallest absolute Gasteiger partial charge is 0.288 e. The molecule has 0 bridgehead atoms. The van der Waals surface area contributed by atoms with E-state index in [1.807, 2.05) is 6.07 Å². The average Bonchev–Trinajstić information content (AvgIpc) is 2.62. The fraction of sp³-hybridized carbons (Fsp3) is 0.118. The van der Waals surface area contributed by atoms with Crippen LogP contribution in [0.1, 0.15) is 5.56 Å². The van der Waals surface area contributed by atoms with Crippen molar-refractivity contribution < 1.29 is 14.0 Å². The summed E-state index contributed by atoms with van der Waals surface area (Å²) in [6.45, 7) is -0.101. The van der Waals surface area contributed by atoms with Crippen molar-refractivity contribution in [3.05, 3.63) is 66.0 Å². The zero-order valence-corrected chi connectivity index (χ0v) is 12.7. The zero-order valence-electron chi connectivity index (χ0n) is 12.7. The number of halogens is 1. The molecular weight excluding hydrogens is 311 g/mol. The number of benzene rings is 2. The maximum Gasteiger partial charge on any atom is 0.288 e. The largest absolute Gasteiger partial charge is 0.345 e. The molecule has 24 heavy (non-hydrogen) atoms. The van der Waals surface area contributed by atoms with E-state index < -0.39 is 11.7 Å². The van der Waals surface area contributed by atoms with E-state index in [0.29, 0.717) is 11.3 Å². The lowest BCUT2D eigenvalue weighted by Crippen LogP contribution is -2.55. The quantitative estimate of drug-likeness (QED) is 0.892. The summed E-state index contributed by atoms with van der Waals surface area (Å²) in [6.07, 6.45) is 0. The highest BCUT2D eigenvalue weighted by Gasteiger charge is 2.25. The van der Waals surface area contributed by atoms with E-state index in [-0.39, 0.29) is 24.8 Å². The van der Waals surface area contributed by atoms with Crippen LogP contribution in [0, 0.1) is 5.82 Å². The maximum absolute atomic E-state index is 13.6. The molecule has 0 atom stereocenters. The summed E-state index contributed by atoms with van der Waals surface area (Å²) in [7, 11) is 0. The highest BCUT2D eigenvalue weighted by atomic mass is 19.1. The SMILES string of the molecule is O=C(NCc1ccccc1F)C1=NCC(=O)N(c2ccccc2)N1. The monoisotopic (exact) mass is 326 g/mol. The Hall–Kier alpha value is -3.22. The van der Waals surface area contributed by atoms with E-state index in [1.54, 1.807) is 42.5 Å². The molecule has 6 nitrogen and oxygen atoms in total. The van der Waals surface area contributed by atoms with E-state index in [4.69, 9.17) is 0 Å². The fourth-order valence-corrected chi connectivity index (χ4v) is 2.23. The van der Waals surface area contributed by atoms with Gasteiger partial charge in [0.05, 0.1) is 5.69 Å². The molecule has 0 unspecified atom stereocenters. The number of hydrazine groups is 1. The third-order valence-corrected chi connectivity index (χ3v) is 3.47. The second-order valence-electron chi connectivity index (χ2n) is 5.12.